The van der Waals surface area contributed by atoms with Crippen molar-refractivity contribution in [3.05, 3.63) is 63.6 Å². The first kappa shape index (κ1) is 18.1. The molecule has 2 aromatic carbocycles. The Morgan fingerprint density at radius 3 is 2.42 bits per heavy atom. The molecule has 0 atom stereocenters. The number of nitrogens with two attached hydrogens (primary N) is 1. The Labute approximate surface area is 149 Å². The summed E-state index contributed by atoms with van der Waals surface area (Å²) in [7, 11) is 0. The number of hydrogen-bond donors (Lipinski definition) is 2. The zero-order valence-electron chi connectivity index (χ0n) is 12.7. The number of carbonyl (C=O) groups is 2. The Bertz CT molecular complexity index is 733. The van der Waals surface area contributed by atoms with Crippen LogP contribution in [-0.4, -0.2) is 25.0 Å². The molecule has 0 radical (unpaired) electrons. The summed E-state index contributed by atoms with van der Waals surface area (Å²) >= 11 is 11.6. The molecule has 7 heteroatoms. The molecular formula is C17H16Cl2N2O3. The smallest absolute Gasteiger partial charge is 0.340 e. The van der Waals surface area contributed by atoms with E-state index in [1.807, 2.05) is 12.1 Å². The van der Waals surface area contributed by atoms with Crippen molar-refractivity contribution < 1.29 is 14.3 Å². The molecule has 5 nitrogen and oxygen atoms in total. The quantitative estimate of drug-likeness (QED) is 0.607. The SMILES string of the molecule is Nc1ccc(Cl)cc1C(=O)OCC(=O)NCCc1ccc(Cl)cc1. The Hall–Kier alpha value is -2.24. The van der Waals surface area contributed by atoms with E-state index in [1.165, 1.54) is 12.1 Å². The Morgan fingerprint density at radius 2 is 1.71 bits per heavy atom. The van der Waals surface area contributed by atoms with Gasteiger partial charge in [-0.3, -0.25) is 4.79 Å². The van der Waals surface area contributed by atoms with E-state index in [0.717, 1.165) is 5.56 Å². The molecule has 0 spiro atoms. The third kappa shape index (κ3) is 5.44. The summed E-state index contributed by atoms with van der Waals surface area (Å²) in [6, 6.07) is 11.8. The fourth-order valence-electron chi connectivity index (χ4n) is 1.96. The van der Waals surface area contributed by atoms with Crippen LogP contribution in [0.2, 0.25) is 10.0 Å². The average molecular weight is 367 g/mol. The number of carbonyl (C=O) groups excluding carboxylic acids is 2. The van der Waals surface area contributed by atoms with Gasteiger partial charge in [-0.25, -0.2) is 4.79 Å². The van der Waals surface area contributed by atoms with E-state index < -0.39 is 11.9 Å². The van der Waals surface area contributed by atoms with Crippen LogP contribution in [0.5, 0.6) is 0 Å². The second-order valence-corrected chi connectivity index (χ2v) is 5.91. The van der Waals surface area contributed by atoms with Gasteiger partial charge in [0.15, 0.2) is 6.61 Å². The molecule has 24 heavy (non-hydrogen) atoms. The fourth-order valence-corrected chi connectivity index (χ4v) is 2.26. The third-order valence-electron chi connectivity index (χ3n) is 3.22. The number of nitrogen functional groups attached to an aromatic ring is 1. The van der Waals surface area contributed by atoms with E-state index in [1.54, 1.807) is 18.2 Å². The molecule has 0 fully saturated rings. The van der Waals surface area contributed by atoms with Crippen LogP contribution < -0.4 is 11.1 Å². The molecule has 0 aliphatic carbocycles. The number of benzene rings is 2. The standard InChI is InChI=1S/C17H16Cl2N2O3/c18-12-3-1-11(2-4-12)7-8-21-16(22)10-24-17(23)14-9-13(19)5-6-15(14)20/h1-6,9H,7-8,10,20H2,(H,21,22). The van der Waals surface area contributed by atoms with Crippen molar-refractivity contribution in [2.75, 3.05) is 18.9 Å². The van der Waals surface area contributed by atoms with Gasteiger partial charge in [0.1, 0.15) is 0 Å². The lowest BCUT2D eigenvalue weighted by atomic mass is 10.1. The number of esters is 1. The zero-order valence-corrected chi connectivity index (χ0v) is 14.2. The maximum absolute atomic E-state index is 11.9. The fraction of sp³-hybridized carbons (Fsp3) is 0.176. The molecule has 126 valence electrons. The monoisotopic (exact) mass is 366 g/mol. The van der Waals surface area contributed by atoms with Crippen molar-refractivity contribution in [2.45, 2.75) is 6.42 Å². The molecule has 0 aliphatic rings. The van der Waals surface area contributed by atoms with E-state index in [-0.39, 0.29) is 17.9 Å². The number of ether oxygens (including phenoxy) is 1. The van der Waals surface area contributed by atoms with Crippen LogP contribution in [0.4, 0.5) is 5.69 Å². The topological polar surface area (TPSA) is 81.4 Å². The summed E-state index contributed by atoms with van der Waals surface area (Å²) in [4.78, 5) is 23.6. The molecule has 0 heterocycles. The minimum absolute atomic E-state index is 0.136. The van der Waals surface area contributed by atoms with Gasteiger partial charge < -0.3 is 15.8 Å². The molecule has 2 rings (SSSR count). The summed E-state index contributed by atoms with van der Waals surface area (Å²) in [5.74, 6) is -1.08. The predicted molar refractivity (Wildman–Crippen MR) is 94.3 cm³/mol. The van der Waals surface area contributed by atoms with Crippen LogP contribution in [-0.2, 0) is 16.0 Å². The molecule has 0 unspecified atom stereocenters. The Morgan fingerprint density at radius 1 is 1.04 bits per heavy atom. The van der Waals surface area contributed by atoms with Crippen LogP contribution in [0, 0.1) is 0 Å². The summed E-state index contributed by atoms with van der Waals surface area (Å²) in [5, 5.41) is 3.70. The van der Waals surface area contributed by atoms with Crippen LogP contribution in [0.15, 0.2) is 42.5 Å². The molecule has 0 saturated carbocycles. The number of nitrogens with one attached hydrogen (secondary N) is 1. The summed E-state index contributed by atoms with van der Waals surface area (Å²) in [6.45, 7) is 0.0444. The number of halogens is 2. The van der Waals surface area contributed by atoms with E-state index >= 15 is 0 Å². The largest absolute Gasteiger partial charge is 0.452 e. The number of anilines is 1. The molecule has 2 aromatic rings. The van der Waals surface area contributed by atoms with E-state index in [4.69, 9.17) is 33.7 Å². The van der Waals surface area contributed by atoms with Gasteiger partial charge in [0, 0.05) is 22.3 Å². The molecule has 1 amide bonds. The Kier molecular flexibility index (Phi) is 6.46. The zero-order chi connectivity index (χ0) is 17.5. The molecule has 0 bridgehead atoms. The number of rotatable bonds is 6. The van der Waals surface area contributed by atoms with Gasteiger partial charge in [0.05, 0.1) is 5.56 Å². The van der Waals surface area contributed by atoms with E-state index in [9.17, 15) is 9.59 Å². The van der Waals surface area contributed by atoms with Gasteiger partial charge in [0.25, 0.3) is 5.91 Å². The highest BCUT2D eigenvalue weighted by atomic mass is 35.5. The van der Waals surface area contributed by atoms with Gasteiger partial charge in [-0.2, -0.15) is 0 Å². The summed E-state index contributed by atoms with van der Waals surface area (Å²) in [5.41, 5.74) is 7.11. The van der Waals surface area contributed by atoms with Crippen molar-refractivity contribution in [1.82, 2.24) is 5.32 Å². The lowest BCUT2D eigenvalue weighted by Crippen LogP contribution is -2.30. The van der Waals surface area contributed by atoms with Gasteiger partial charge in [0.2, 0.25) is 0 Å². The van der Waals surface area contributed by atoms with Crippen LogP contribution in [0.25, 0.3) is 0 Å². The maximum Gasteiger partial charge on any atom is 0.340 e. The van der Waals surface area contributed by atoms with Gasteiger partial charge >= 0.3 is 5.97 Å². The highest BCUT2D eigenvalue weighted by molar-refractivity contribution is 6.31. The molecule has 3 N–H and O–H groups in total. The molecular weight excluding hydrogens is 351 g/mol. The summed E-state index contributed by atoms with van der Waals surface area (Å²) < 4.78 is 4.94. The first-order valence-corrected chi connectivity index (χ1v) is 7.94. The van der Waals surface area contributed by atoms with Crippen molar-refractivity contribution >= 4 is 40.8 Å². The van der Waals surface area contributed by atoms with Crippen molar-refractivity contribution in [1.29, 1.82) is 0 Å². The summed E-state index contributed by atoms with van der Waals surface area (Å²) in [6.07, 6.45) is 0.651. The van der Waals surface area contributed by atoms with E-state index in [0.29, 0.717) is 23.0 Å². The Balaban J connectivity index is 1.75. The van der Waals surface area contributed by atoms with Crippen LogP contribution in [0.1, 0.15) is 15.9 Å². The van der Waals surface area contributed by atoms with Crippen molar-refractivity contribution in [3.8, 4) is 0 Å². The second-order valence-electron chi connectivity index (χ2n) is 5.03. The van der Waals surface area contributed by atoms with Crippen LogP contribution >= 0.6 is 23.2 Å². The molecule has 0 aliphatic heterocycles. The third-order valence-corrected chi connectivity index (χ3v) is 3.71. The van der Waals surface area contributed by atoms with Crippen LogP contribution in [0.3, 0.4) is 0 Å². The second kappa shape index (κ2) is 8.57. The lowest BCUT2D eigenvalue weighted by Gasteiger charge is -2.08. The highest BCUT2D eigenvalue weighted by Gasteiger charge is 2.13. The van der Waals surface area contributed by atoms with Gasteiger partial charge in [-0.15, -0.1) is 0 Å². The first-order chi connectivity index (χ1) is 11.5. The predicted octanol–water partition coefficient (Wildman–Crippen LogP) is 3.09. The lowest BCUT2D eigenvalue weighted by molar-refractivity contribution is -0.124. The minimum atomic E-state index is -0.692. The molecule has 0 saturated heterocycles. The van der Waals surface area contributed by atoms with Gasteiger partial charge in [-0.1, -0.05) is 35.3 Å². The van der Waals surface area contributed by atoms with Gasteiger partial charge in [-0.05, 0) is 42.3 Å². The normalized spacial score (nSPS) is 10.2. The minimum Gasteiger partial charge on any atom is -0.452 e. The van der Waals surface area contributed by atoms with E-state index in [2.05, 4.69) is 5.32 Å². The van der Waals surface area contributed by atoms with Crippen molar-refractivity contribution in [3.63, 3.8) is 0 Å². The average Bonchev–Trinajstić information content (AvgIpc) is 2.56. The maximum atomic E-state index is 11.9. The van der Waals surface area contributed by atoms with Crippen molar-refractivity contribution in [2.24, 2.45) is 0 Å². The highest BCUT2D eigenvalue weighted by Crippen LogP contribution is 2.18. The molecule has 0 aromatic heterocycles. The number of hydrogen-bond acceptors (Lipinski definition) is 4. The number of amides is 1. The first-order valence-electron chi connectivity index (χ1n) is 7.19.